The topological polar surface area (TPSA) is 29.5 Å². The molecule has 0 unspecified atom stereocenters. The molecule has 2 aromatic rings. The molecule has 0 aromatic heterocycles. The van der Waals surface area contributed by atoms with E-state index >= 15 is 0 Å². The van der Waals surface area contributed by atoms with E-state index in [2.05, 4.69) is 29.1 Å². The van der Waals surface area contributed by atoms with Crippen LogP contribution in [0.3, 0.4) is 0 Å². The summed E-state index contributed by atoms with van der Waals surface area (Å²) < 4.78 is 6.53. The summed E-state index contributed by atoms with van der Waals surface area (Å²) in [6, 6.07) is 11.8. The zero-order valence-corrected chi connectivity index (χ0v) is 13.9. The van der Waals surface area contributed by atoms with Crippen molar-refractivity contribution in [2.24, 2.45) is 0 Å². The van der Waals surface area contributed by atoms with Gasteiger partial charge in [-0.15, -0.1) is 13.2 Å². The van der Waals surface area contributed by atoms with Crippen LogP contribution in [0.15, 0.2) is 66.2 Å². The Morgan fingerprint density at radius 3 is 2.50 bits per heavy atom. The SMILES string of the molecule is C=CCN(CC=C)C(=O)COc1ccc2ccccc2c1Br. The van der Waals surface area contributed by atoms with Crippen molar-refractivity contribution in [3.63, 3.8) is 0 Å². The number of carbonyl (C=O) groups is 1. The molecule has 0 fully saturated rings. The molecule has 3 nitrogen and oxygen atoms in total. The summed E-state index contributed by atoms with van der Waals surface area (Å²) in [7, 11) is 0. The zero-order valence-electron chi connectivity index (χ0n) is 12.3. The van der Waals surface area contributed by atoms with Crippen molar-refractivity contribution in [3.05, 3.63) is 66.2 Å². The van der Waals surface area contributed by atoms with Crippen LogP contribution in [0, 0.1) is 0 Å². The third kappa shape index (κ3) is 3.77. The molecule has 0 aliphatic rings. The van der Waals surface area contributed by atoms with Gasteiger partial charge in [0.2, 0.25) is 0 Å². The first-order valence-electron chi connectivity index (χ1n) is 6.97. The first-order valence-corrected chi connectivity index (χ1v) is 7.76. The predicted molar refractivity (Wildman–Crippen MR) is 94.1 cm³/mol. The van der Waals surface area contributed by atoms with Crippen molar-refractivity contribution in [2.45, 2.75) is 0 Å². The number of halogens is 1. The molecule has 114 valence electrons. The Morgan fingerprint density at radius 1 is 1.14 bits per heavy atom. The summed E-state index contributed by atoms with van der Waals surface area (Å²) in [5.74, 6) is 0.559. The number of rotatable bonds is 7. The molecule has 0 saturated heterocycles. The van der Waals surface area contributed by atoms with Gasteiger partial charge in [-0.05, 0) is 32.8 Å². The second-order valence-electron chi connectivity index (χ2n) is 4.76. The van der Waals surface area contributed by atoms with Gasteiger partial charge in [0, 0.05) is 13.1 Å². The normalized spacial score (nSPS) is 10.2. The van der Waals surface area contributed by atoms with E-state index in [-0.39, 0.29) is 12.5 Å². The molecule has 0 radical (unpaired) electrons. The molecule has 1 amide bonds. The van der Waals surface area contributed by atoms with Gasteiger partial charge in [-0.2, -0.15) is 0 Å². The Hall–Kier alpha value is -2.07. The maximum Gasteiger partial charge on any atom is 0.261 e. The van der Waals surface area contributed by atoms with Crippen LogP contribution in [0.2, 0.25) is 0 Å². The van der Waals surface area contributed by atoms with Crippen molar-refractivity contribution in [1.29, 1.82) is 0 Å². The van der Waals surface area contributed by atoms with Crippen molar-refractivity contribution in [1.82, 2.24) is 4.90 Å². The van der Waals surface area contributed by atoms with Crippen LogP contribution in [0.25, 0.3) is 10.8 Å². The molecular formula is C18H18BrNO2. The highest BCUT2D eigenvalue weighted by Gasteiger charge is 2.13. The third-order valence-electron chi connectivity index (χ3n) is 3.23. The number of benzene rings is 2. The summed E-state index contributed by atoms with van der Waals surface area (Å²) in [5.41, 5.74) is 0. The lowest BCUT2D eigenvalue weighted by Gasteiger charge is -2.19. The van der Waals surface area contributed by atoms with Crippen LogP contribution >= 0.6 is 15.9 Å². The van der Waals surface area contributed by atoms with Crippen LogP contribution in [-0.4, -0.2) is 30.5 Å². The Kier molecular flexibility index (Phi) is 5.78. The van der Waals surface area contributed by atoms with E-state index in [9.17, 15) is 4.79 Å². The van der Waals surface area contributed by atoms with Crippen LogP contribution in [0.5, 0.6) is 5.75 Å². The van der Waals surface area contributed by atoms with Gasteiger partial charge in [-0.25, -0.2) is 0 Å². The summed E-state index contributed by atoms with van der Waals surface area (Å²) in [6.07, 6.45) is 3.38. The summed E-state index contributed by atoms with van der Waals surface area (Å²) in [6.45, 7) is 8.25. The molecule has 4 heteroatoms. The Labute approximate surface area is 139 Å². The highest BCUT2D eigenvalue weighted by molar-refractivity contribution is 9.10. The van der Waals surface area contributed by atoms with E-state index in [4.69, 9.17) is 4.74 Å². The van der Waals surface area contributed by atoms with Gasteiger partial charge in [0.05, 0.1) is 4.47 Å². The number of ether oxygens (including phenoxy) is 1. The molecule has 0 N–H and O–H groups in total. The molecule has 0 bridgehead atoms. The van der Waals surface area contributed by atoms with Crippen LogP contribution in [0.4, 0.5) is 0 Å². The summed E-state index contributed by atoms with van der Waals surface area (Å²) in [4.78, 5) is 13.8. The summed E-state index contributed by atoms with van der Waals surface area (Å²) >= 11 is 3.55. The lowest BCUT2D eigenvalue weighted by Crippen LogP contribution is -2.35. The molecule has 0 aliphatic carbocycles. The zero-order chi connectivity index (χ0) is 15.9. The fourth-order valence-corrected chi connectivity index (χ4v) is 2.75. The Morgan fingerprint density at radius 2 is 1.82 bits per heavy atom. The Balaban J connectivity index is 2.10. The monoisotopic (exact) mass is 359 g/mol. The third-order valence-corrected chi connectivity index (χ3v) is 4.05. The molecule has 0 heterocycles. The lowest BCUT2D eigenvalue weighted by atomic mass is 10.1. The maximum atomic E-state index is 12.2. The van der Waals surface area contributed by atoms with E-state index in [1.807, 2.05) is 36.4 Å². The number of hydrogen-bond donors (Lipinski definition) is 0. The minimum absolute atomic E-state index is 0.0153. The fourth-order valence-electron chi connectivity index (χ4n) is 2.15. The fraction of sp³-hybridized carbons (Fsp3) is 0.167. The maximum absolute atomic E-state index is 12.2. The molecule has 2 rings (SSSR count). The molecule has 0 spiro atoms. The van der Waals surface area contributed by atoms with Gasteiger partial charge in [0.1, 0.15) is 5.75 Å². The molecule has 2 aromatic carbocycles. The Bertz CT molecular complexity index is 687. The van der Waals surface area contributed by atoms with Crippen LogP contribution in [-0.2, 0) is 4.79 Å². The number of fused-ring (bicyclic) bond motifs is 1. The lowest BCUT2D eigenvalue weighted by molar-refractivity contribution is -0.132. The van der Waals surface area contributed by atoms with Crippen molar-refractivity contribution in [3.8, 4) is 5.75 Å². The smallest absolute Gasteiger partial charge is 0.261 e. The van der Waals surface area contributed by atoms with E-state index in [1.165, 1.54) is 0 Å². The quantitative estimate of drug-likeness (QED) is 0.694. The van der Waals surface area contributed by atoms with E-state index in [0.717, 1.165) is 15.2 Å². The van der Waals surface area contributed by atoms with Crippen molar-refractivity contribution in [2.75, 3.05) is 19.7 Å². The molecule has 22 heavy (non-hydrogen) atoms. The molecule has 0 atom stereocenters. The number of nitrogens with zero attached hydrogens (tertiary/aromatic N) is 1. The van der Waals surface area contributed by atoms with Crippen LogP contribution < -0.4 is 4.74 Å². The first-order chi connectivity index (χ1) is 10.7. The summed E-state index contributed by atoms with van der Waals surface area (Å²) in [5, 5.41) is 2.18. The van der Waals surface area contributed by atoms with E-state index in [0.29, 0.717) is 18.8 Å². The van der Waals surface area contributed by atoms with Crippen molar-refractivity contribution < 1.29 is 9.53 Å². The average molecular weight is 360 g/mol. The van der Waals surface area contributed by atoms with Gasteiger partial charge in [0.25, 0.3) is 5.91 Å². The van der Waals surface area contributed by atoms with Gasteiger partial charge >= 0.3 is 0 Å². The number of amides is 1. The molecule has 0 aliphatic heterocycles. The second kappa shape index (κ2) is 7.80. The average Bonchev–Trinajstić information content (AvgIpc) is 2.54. The largest absolute Gasteiger partial charge is 0.483 e. The van der Waals surface area contributed by atoms with Crippen molar-refractivity contribution >= 4 is 32.6 Å². The molecule has 0 saturated carbocycles. The first kappa shape index (κ1) is 16.3. The standard InChI is InChI=1S/C18H18BrNO2/c1-3-11-20(12-4-2)17(21)13-22-16-10-9-14-7-5-6-8-15(14)18(16)19/h3-10H,1-2,11-13H2. The van der Waals surface area contributed by atoms with Gasteiger partial charge < -0.3 is 9.64 Å². The predicted octanol–water partition coefficient (Wildman–Crippen LogP) is 4.18. The van der Waals surface area contributed by atoms with E-state index in [1.54, 1.807) is 17.1 Å². The number of carbonyl (C=O) groups excluding carboxylic acids is 1. The molecular weight excluding hydrogens is 342 g/mol. The minimum atomic E-state index is -0.0974. The van der Waals surface area contributed by atoms with E-state index < -0.39 is 0 Å². The van der Waals surface area contributed by atoms with Gasteiger partial charge in [-0.3, -0.25) is 4.79 Å². The second-order valence-corrected chi connectivity index (χ2v) is 5.56. The van der Waals surface area contributed by atoms with Gasteiger partial charge in [-0.1, -0.05) is 42.5 Å². The minimum Gasteiger partial charge on any atom is -0.483 e. The van der Waals surface area contributed by atoms with Gasteiger partial charge in [0.15, 0.2) is 6.61 Å². The highest BCUT2D eigenvalue weighted by atomic mass is 79.9. The highest BCUT2D eigenvalue weighted by Crippen LogP contribution is 2.32. The number of hydrogen-bond acceptors (Lipinski definition) is 2. The van der Waals surface area contributed by atoms with Crippen LogP contribution in [0.1, 0.15) is 0 Å².